The zero-order chi connectivity index (χ0) is 10.6. The monoisotopic (exact) mass is 193 g/mol. The molecular formula is C11H19N3. The van der Waals surface area contributed by atoms with Gasteiger partial charge in [0.1, 0.15) is 0 Å². The van der Waals surface area contributed by atoms with Crippen LogP contribution in [0.3, 0.4) is 0 Å². The van der Waals surface area contributed by atoms with Gasteiger partial charge in [0.05, 0.1) is 11.9 Å². The van der Waals surface area contributed by atoms with Crippen LogP contribution >= 0.6 is 0 Å². The first-order valence-corrected chi connectivity index (χ1v) is 4.87. The van der Waals surface area contributed by atoms with Gasteiger partial charge in [-0.05, 0) is 32.6 Å². The van der Waals surface area contributed by atoms with Gasteiger partial charge in [0.2, 0.25) is 0 Å². The summed E-state index contributed by atoms with van der Waals surface area (Å²) < 4.78 is 0. The van der Waals surface area contributed by atoms with E-state index in [1.165, 1.54) is 11.3 Å². The largest absolute Gasteiger partial charge is 0.372 e. The van der Waals surface area contributed by atoms with Crippen LogP contribution < -0.4 is 4.90 Å². The minimum atomic E-state index is 1.03. The van der Waals surface area contributed by atoms with Crippen molar-refractivity contribution in [1.82, 2.24) is 9.88 Å². The first-order valence-electron chi connectivity index (χ1n) is 4.87. The predicted molar refractivity (Wildman–Crippen MR) is 60.8 cm³/mol. The van der Waals surface area contributed by atoms with Crippen LogP contribution in [-0.4, -0.2) is 44.1 Å². The van der Waals surface area contributed by atoms with E-state index in [-0.39, 0.29) is 0 Å². The molecule has 0 bridgehead atoms. The summed E-state index contributed by atoms with van der Waals surface area (Å²) in [5.74, 6) is 0. The fourth-order valence-electron chi connectivity index (χ4n) is 1.23. The van der Waals surface area contributed by atoms with E-state index in [4.69, 9.17) is 0 Å². The molecule has 1 heterocycles. The molecule has 3 nitrogen and oxygen atoms in total. The molecule has 0 aliphatic heterocycles. The molecule has 78 valence electrons. The third-order valence-electron chi connectivity index (χ3n) is 2.18. The van der Waals surface area contributed by atoms with Gasteiger partial charge in [-0.15, -0.1) is 0 Å². The first-order chi connectivity index (χ1) is 6.59. The van der Waals surface area contributed by atoms with Crippen molar-refractivity contribution in [1.29, 1.82) is 0 Å². The van der Waals surface area contributed by atoms with Gasteiger partial charge < -0.3 is 9.80 Å². The minimum Gasteiger partial charge on any atom is -0.372 e. The second kappa shape index (κ2) is 4.96. The maximum atomic E-state index is 4.18. The van der Waals surface area contributed by atoms with Crippen LogP contribution in [0, 0.1) is 6.92 Å². The van der Waals surface area contributed by atoms with Gasteiger partial charge in [-0.3, -0.25) is 4.98 Å². The Morgan fingerprint density at radius 3 is 2.43 bits per heavy atom. The molecule has 0 saturated heterocycles. The topological polar surface area (TPSA) is 19.4 Å². The Morgan fingerprint density at radius 2 is 1.86 bits per heavy atom. The van der Waals surface area contributed by atoms with Gasteiger partial charge in [0.15, 0.2) is 0 Å². The number of rotatable bonds is 4. The molecule has 0 aliphatic carbocycles. The van der Waals surface area contributed by atoms with Crippen molar-refractivity contribution in [3.63, 3.8) is 0 Å². The molecule has 1 rings (SSSR count). The number of aromatic nitrogens is 1. The van der Waals surface area contributed by atoms with Gasteiger partial charge in [-0.1, -0.05) is 0 Å². The van der Waals surface area contributed by atoms with E-state index in [1.54, 1.807) is 0 Å². The summed E-state index contributed by atoms with van der Waals surface area (Å²) in [6.45, 7) is 4.15. The van der Waals surface area contributed by atoms with Crippen LogP contribution in [0.1, 0.15) is 5.56 Å². The summed E-state index contributed by atoms with van der Waals surface area (Å²) in [7, 11) is 6.27. The third-order valence-corrected chi connectivity index (χ3v) is 2.18. The summed E-state index contributed by atoms with van der Waals surface area (Å²) in [5, 5.41) is 0. The lowest BCUT2D eigenvalue weighted by Crippen LogP contribution is -2.28. The summed E-state index contributed by atoms with van der Waals surface area (Å²) in [4.78, 5) is 8.58. The smallest absolute Gasteiger partial charge is 0.0553 e. The molecule has 0 fully saturated rings. The van der Waals surface area contributed by atoms with E-state index in [0.29, 0.717) is 0 Å². The average Bonchev–Trinajstić information content (AvgIpc) is 2.14. The van der Waals surface area contributed by atoms with Crippen molar-refractivity contribution >= 4 is 5.69 Å². The Balaban J connectivity index is 2.56. The highest BCUT2D eigenvalue weighted by Gasteiger charge is 2.01. The Morgan fingerprint density at radius 1 is 1.14 bits per heavy atom. The molecule has 0 N–H and O–H groups in total. The van der Waals surface area contributed by atoms with Crippen molar-refractivity contribution in [3.8, 4) is 0 Å². The van der Waals surface area contributed by atoms with Crippen LogP contribution in [0.2, 0.25) is 0 Å². The van der Waals surface area contributed by atoms with Crippen LogP contribution in [0.15, 0.2) is 18.5 Å². The molecule has 0 spiro atoms. The molecule has 0 saturated carbocycles. The molecule has 0 aliphatic rings. The molecule has 0 radical (unpaired) electrons. The Labute approximate surface area is 86.4 Å². The first kappa shape index (κ1) is 11.0. The van der Waals surface area contributed by atoms with E-state index < -0.39 is 0 Å². The molecule has 0 atom stereocenters. The maximum absolute atomic E-state index is 4.18. The molecular weight excluding hydrogens is 174 g/mol. The lowest BCUT2D eigenvalue weighted by Gasteiger charge is -2.21. The van der Waals surface area contributed by atoms with Crippen LogP contribution in [-0.2, 0) is 0 Å². The number of pyridine rings is 1. The van der Waals surface area contributed by atoms with Gasteiger partial charge in [-0.25, -0.2) is 0 Å². The average molecular weight is 193 g/mol. The number of hydrogen-bond donors (Lipinski definition) is 0. The number of likely N-dealkylation sites (N-methyl/N-ethyl adjacent to an activating group) is 2. The molecule has 0 aromatic carbocycles. The van der Waals surface area contributed by atoms with Crippen molar-refractivity contribution in [2.45, 2.75) is 6.92 Å². The van der Waals surface area contributed by atoms with Crippen LogP contribution in [0.4, 0.5) is 5.69 Å². The Kier molecular flexibility index (Phi) is 3.89. The fraction of sp³-hybridized carbons (Fsp3) is 0.545. The lowest BCUT2D eigenvalue weighted by atomic mass is 10.3. The number of hydrogen-bond acceptors (Lipinski definition) is 3. The lowest BCUT2D eigenvalue weighted by molar-refractivity contribution is 0.416. The number of nitrogens with zero attached hydrogens (tertiary/aromatic N) is 3. The maximum Gasteiger partial charge on any atom is 0.0553 e. The predicted octanol–water partition coefficient (Wildman–Crippen LogP) is 1.39. The fourth-order valence-corrected chi connectivity index (χ4v) is 1.23. The molecule has 14 heavy (non-hydrogen) atoms. The quantitative estimate of drug-likeness (QED) is 0.720. The highest BCUT2D eigenvalue weighted by molar-refractivity contribution is 5.44. The molecule has 3 heteroatoms. The van der Waals surface area contributed by atoms with Gasteiger partial charge in [0, 0.05) is 26.3 Å². The van der Waals surface area contributed by atoms with E-state index in [2.05, 4.69) is 48.9 Å². The zero-order valence-corrected chi connectivity index (χ0v) is 9.49. The second-order valence-electron chi connectivity index (χ2n) is 3.95. The van der Waals surface area contributed by atoms with E-state index in [0.717, 1.165) is 13.1 Å². The van der Waals surface area contributed by atoms with E-state index >= 15 is 0 Å². The highest BCUT2D eigenvalue weighted by atomic mass is 15.2. The molecule has 0 unspecified atom stereocenters. The summed E-state index contributed by atoms with van der Waals surface area (Å²) in [5.41, 5.74) is 2.39. The summed E-state index contributed by atoms with van der Waals surface area (Å²) in [6, 6.07) is 2.16. The van der Waals surface area contributed by atoms with Crippen molar-refractivity contribution in [2.24, 2.45) is 0 Å². The number of aryl methyl sites for hydroxylation is 1. The summed E-state index contributed by atoms with van der Waals surface area (Å²) in [6.07, 6.45) is 3.78. The minimum absolute atomic E-state index is 1.03. The van der Waals surface area contributed by atoms with Gasteiger partial charge in [0.25, 0.3) is 0 Å². The third kappa shape index (κ3) is 3.34. The summed E-state index contributed by atoms with van der Waals surface area (Å²) >= 11 is 0. The van der Waals surface area contributed by atoms with Gasteiger partial charge >= 0.3 is 0 Å². The normalized spacial score (nSPS) is 10.6. The van der Waals surface area contributed by atoms with E-state index in [1.807, 2.05) is 12.4 Å². The molecule has 0 amide bonds. The Hall–Kier alpha value is -1.09. The van der Waals surface area contributed by atoms with Crippen LogP contribution in [0.25, 0.3) is 0 Å². The van der Waals surface area contributed by atoms with Crippen LogP contribution in [0.5, 0.6) is 0 Å². The standard InChI is InChI=1S/C11H19N3/c1-10-7-11(9-12-8-10)14(4)6-5-13(2)3/h7-9H,5-6H2,1-4H3. The highest BCUT2D eigenvalue weighted by Crippen LogP contribution is 2.11. The molecule has 1 aromatic rings. The second-order valence-corrected chi connectivity index (χ2v) is 3.95. The zero-order valence-electron chi connectivity index (χ0n) is 9.49. The molecule has 1 aromatic heterocycles. The van der Waals surface area contributed by atoms with Crippen molar-refractivity contribution < 1.29 is 0 Å². The SMILES string of the molecule is Cc1cncc(N(C)CCN(C)C)c1. The van der Waals surface area contributed by atoms with Crippen molar-refractivity contribution in [2.75, 3.05) is 39.1 Å². The van der Waals surface area contributed by atoms with Gasteiger partial charge in [-0.2, -0.15) is 0 Å². The number of anilines is 1. The van der Waals surface area contributed by atoms with Crippen molar-refractivity contribution in [3.05, 3.63) is 24.0 Å². The van der Waals surface area contributed by atoms with E-state index in [9.17, 15) is 0 Å². The Bertz CT molecular complexity index is 284.